The van der Waals surface area contributed by atoms with Crippen LogP contribution in [0.3, 0.4) is 0 Å². The maximum absolute atomic E-state index is 13.5. The molecule has 3 aromatic rings. The van der Waals surface area contributed by atoms with Crippen LogP contribution < -0.4 is 16.0 Å². The third-order valence-electron chi connectivity index (χ3n) is 5.70. The Morgan fingerprint density at radius 1 is 0.639 bits per heavy atom. The second kappa shape index (κ2) is 12.1. The molecule has 0 aliphatic heterocycles. The average Bonchev–Trinajstić information content (AvgIpc) is 2.79. The Balaban J connectivity index is 1.73. The highest BCUT2D eigenvalue weighted by Gasteiger charge is 2.20. The van der Waals surface area contributed by atoms with E-state index in [-0.39, 0.29) is 31.4 Å². The van der Waals surface area contributed by atoms with E-state index in [2.05, 4.69) is 16.0 Å². The third kappa shape index (κ3) is 7.48. The van der Waals surface area contributed by atoms with Gasteiger partial charge in [-0.05, 0) is 68.1 Å². The van der Waals surface area contributed by atoms with Crippen LogP contribution in [0.25, 0.3) is 0 Å². The summed E-state index contributed by atoms with van der Waals surface area (Å²) in [6.07, 6.45) is 0. The Bertz CT molecular complexity index is 1170. The van der Waals surface area contributed by atoms with E-state index in [1.165, 1.54) is 23.1 Å². The fourth-order valence-electron chi connectivity index (χ4n) is 3.92. The molecule has 3 rings (SSSR count). The maximum Gasteiger partial charge on any atom is 0.238 e. The molecule has 7 nitrogen and oxygen atoms in total. The molecule has 0 bridgehead atoms. The zero-order valence-corrected chi connectivity index (χ0v) is 20.9. The first-order valence-corrected chi connectivity index (χ1v) is 11.6. The molecule has 0 aliphatic rings. The number of hydrogen-bond acceptors (Lipinski definition) is 4. The van der Waals surface area contributed by atoms with Crippen LogP contribution in [0.5, 0.6) is 0 Å². The van der Waals surface area contributed by atoms with Gasteiger partial charge in [0.1, 0.15) is 5.82 Å². The van der Waals surface area contributed by atoms with Gasteiger partial charge in [-0.3, -0.25) is 19.3 Å². The number of carbonyl (C=O) groups is 3. The lowest BCUT2D eigenvalue weighted by molar-refractivity contribution is -0.122. The summed E-state index contributed by atoms with van der Waals surface area (Å²) in [7, 11) is 0. The number of carbonyl (C=O) groups excluding carboxylic acids is 3. The van der Waals surface area contributed by atoms with Gasteiger partial charge in [-0.15, -0.1) is 0 Å². The second-order valence-corrected chi connectivity index (χ2v) is 8.83. The fourth-order valence-corrected chi connectivity index (χ4v) is 3.92. The van der Waals surface area contributed by atoms with Crippen LogP contribution in [0.4, 0.5) is 21.5 Å². The Morgan fingerprint density at radius 2 is 1.03 bits per heavy atom. The molecule has 3 N–H and O–H groups in total. The molecule has 0 saturated heterocycles. The maximum atomic E-state index is 13.5. The zero-order valence-electron chi connectivity index (χ0n) is 20.9. The SMILES string of the molecule is Cc1cccc(C)c1NC(=O)CN(CC(=O)Nc1cccc(F)c1)CC(=O)Nc1c(C)cccc1C. The van der Waals surface area contributed by atoms with Gasteiger partial charge in [0, 0.05) is 17.1 Å². The van der Waals surface area contributed by atoms with Crippen molar-refractivity contribution in [2.45, 2.75) is 27.7 Å². The molecule has 0 spiro atoms. The number of benzene rings is 3. The van der Waals surface area contributed by atoms with Crippen LogP contribution in [-0.2, 0) is 14.4 Å². The Labute approximate surface area is 210 Å². The standard InChI is InChI=1S/C28H31FN4O3/c1-18-8-5-9-19(2)27(18)31-25(35)16-33(15-24(34)30-23-13-7-12-22(29)14-23)17-26(36)32-28-20(3)10-6-11-21(28)4/h5-14H,15-17H2,1-4H3,(H,30,34)(H,31,35)(H,32,36). The Kier molecular flexibility index (Phi) is 8.91. The van der Waals surface area contributed by atoms with Crippen molar-refractivity contribution < 1.29 is 18.8 Å². The van der Waals surface area contributed by atoms with E-state index in [1.807, 2.05) is 64.1 Å². The number of anilines is 3. The minimum absolute atomic E-state index is 0.190. The number of amides is 3. The van der Waals surface area contributed by atoms with Gasteiger partial charge in [-0.1, -0.05) is 42.5 Å². The summed E-state index contributed by atoms with van der Waals surface area (Å²) in [5.41, 5.74) is 5.33. The quantitative estimate of drug-likeness (QED) is 0.410. The first-order chi connectivity index (χ1) is 17.1. The van der Waals surface area contributed by atoms with Crippen LogP contribution in [-0.4, -0.2) is 42.3 Å². The Hall–Kier alpha value is -4.04. The van der Waals surface area contributed by atoms with Crippen molar-refractivity contribution in [2.75, 3.05) is 35.6 Å². The first-order valence-electron chi connectivity index (χ1n) is 11.6. The van der Waals surface area contributed by atoms with Crippen molar-refractivity contribution in [2.24, 2.45) is 0 Å². The highest BCUT2D eigenvalue weighted by atomic mass is 19.1. The molecular weight excluding hydrogens is 459 g/mol. The van der Waals surface area contributed by atoms with Crippen molar-refractivity contribution in [3.8, 4) is 0 Å². The van der Waals surface area contributed by atoms with Crippen molar-refractivity contribution in [1.82, 2.24) is 4.90 Å². The van der Waals surface area contributed by atoms with E-state index >= 15 is 0 Å². The normalized spacial score (nSPS) is 10.7. The van der Waals surface area contributed by atoms with Crippen molar-refractivity contribution in [3.63, 3.8) is 0 Å². The molecule has 0 aliphatic carbocycles. The van der Waals surface area contributed by atoms with E-state index in [0.29, 0.717) is 17.1 Å². The molecule has 0 unspecified atom stereocenters. The summed E-state index contributed by atoms with van der Waals surface area (Å²) in [6, 6.07) is 16.9. The number of nitrogens with zero attached hydrogens (tertiary/aromatic N) is 1. The predicted octanol–water partition coefficient (Wildman–Crippen LogP) is 4.58. The monoisotopic (exact) mass is 490 g/mol. The van der Waals surface area contributed by atoms with Gasteiger partial charge in [0.15, 0.2) is 0 Å². The number of para-hydroxylation sites is 2. The van der Waals surface area contributed by atoms with Gasteiger partial charge >= 0.3 is 0 Å². The molecule has 3 amide bonds. The van der Waals surface area contributed by atoms with Crippen molar-refractivity contribution in [1.29, 1.82) is 0 Å². The van der Waals surface area contributed by atoms with Crippen LogP contribution in [0.1, 0.15) is 22.3 Å². The summed E-state index contributed by atoms with van der Waals surface area (Å²) in [5, 5.41) is 8.39. The molecular formula is C28H31FN4O3. The Morgan fingerprint density at radius 3 is 1.44 bits per heavy atom. The van der Waals surface area contributed by atoms with Crippen LogP contribution in [0, 0.1) is 33.5 Å². The van der Waals surface area contributed by atoms with Crippen molar-refractivity contribution in [3.05, 3.63) is 88.7 Å². The number of aryl methyl sites for hydroxylation is 4. The summed E-state index contributed by atoms with van der Waals surface area (Å²) >= 11 is 0. The van der Waals surface area contributed by atoms with Gasteiger partial charge < -0.3 is 16.0 Å². The number of rotatable bonds is 9. The van der Waals surface area contributed by atoms with Gasteiger partial charge in [-0.2, -0.15) is 0 Å². The number of halogens is 1. The largest absolute Gasteiger partial charge is 0.325 e. The van der Waals surface area contributed by atoms with E-state index in [0.717, 1.165) is 22.3 Å². The van der Waals surface area contributed by atoms with Gasteiger partial charge in [0.05, 0.1) is 19.6 Å². The molecule has 0 radical (unpaired) electrons. The zero-order chi connectivity index (χ0) is 26.2. The van der Waals surface area contributed by atoms with E-state index in [1.54, 1.807) is 6.07 Å². The van der Waals surface area contributed by atoms with Gasteiger partial charge in [0.25, 0.3) is 0 Å². The molecule has 188 valence electrons. The van der Waals surface area contributed by atoms with Crippen LogP contribution in [0.15, 0.2) is 60.7 Å². The summed E-state index contributed by atoms with van der Waals surface area (Å²) < 4.78 is 13.5. The average molecular weight is 491 g/mol. The summed E-state index contributed by atoms with van der Waals surface area (Å²) in [6.45, 7) is 6.96. The van der Waals surface area contributed by atoms with Crippen LogP contribution in [0.2, 0.25) is 0 Å². The second-order valence-electron chi connectivity index (χ2n) is 8.83. The van der Waals surface area contributed by atoms with Gasteiger partial charge in [-0.25, -0.2) is 4.39 Å². The molecule has 0 aromatic heterocycles. The minimum Gasteiger partial charge on any atom is -0.325 e. The molecule has 0 fully saturated rings. The van der Waals surface area contributed by atoms with Crippen LogP contribution >= 0.6 is 0 Å². The van der Waals surface area contributed by atoms with E-state index < -0.39 is 11.7 Å². The molecule has 0 atom stereocenters. The lowest BCUT2D eigenvalue weighted by Crippen LogP contribution is -2.43. The minimum atomic E-state index is -0.481. The molecule has 3 aromatic carbocycles. The highest BCUT2D eigenvalue weighted by molar-refractivity contribution is 5.98. The molecule has 8 heteroatoms. The number of nitrogens with one attached hydrogen (secondary N) is 3. The molecule has 36 heavy (non-hydrogen) atoms. The third-order valence-corrected chi connectivity index (χ3v) is 5.70. The summed E-state index contributed by atoms with van der Waals surface area (Å²) in [5.74, 6) is -1.66. The fraction of sp³-hybridized carbons (Fsp3) is 0.250. The summed E-state index contributed by atoms with van der Waals surface area (Å²) in [4.78, 5) is 39.9. The van der Waals surface area contributed by atoms with Gasteiger partial charge in [0.2, 0.25) is 17.7 Å². The predicted molar refractivity (Wildman–Crippen MR) is 141 cm³/mol. The van der Waals surface area contributed by atoms with E-state index in [4.69, 9.17) is 0 Å². The van der Waals surface area contributed by atoms with E-state index in [9.17, 15) is 18.8 Å². The smallest absolute Gasteiger partial charge is 0.238 e. The first kappa shape index (κ1) is 26.6. The lowest BCUT2D eigenvalue weighted by Gasteiger charge is -2.22. The molecule has 0 heterocycles. The number of hydrogen-bond donors (Lipinski definition) is 3. The highest BCUT2D eigenvalue weighted by Crippen LogP contribution is 2.20. The lowest BCUT2D eigenvalue weighted by atomic mass is 10.1. The molecule has 0 saturated carbocycles. The van der Waals surface area contributed by atoms with Crippen molar-refractivity contribution >= 4 is 34.8 Å². The topological polar surface area (TPSA) is 90.5 Å².